The highest BCUT2D eigenvalue weighted by molar-refractivity contribution is 4.91. The minimum atomic E-state index is 0.0694. The van der Waals surface area contributed by atoms with Crippen molar-refractivity contribution in [1.29, 1.82) is 0 Å². The van der Waals surface area contributed by atoms with Crippen molar-refractivity contribution >= 4 is 0 Å². The smallest absolute Gasteiger partial charge is 0.105 e. The van der Waals surface area contributed by atoms with Crippen molar-refractivity contribution < 1.29 is 9.47 Å². The fourth-order valence-electron chi connectivity index (χ4n) is 2.59. The Morgan fingerprint density at radius 3 is 2.29 bits per heavy atom. The molecule has 2 aliphatic rings. The Morgan fingerprint density at radius 1 is 1.18 bits per heavy atom. The summed E-state index contributed by atoms with van der Waals surface area (Å²) in [6, 6.07) is 0. The Hall–Kier alpha value is -0.120. The molecule has 1 aliphatic heterocycles. The molecule has 1 saturated carbocycles. The largest absolute Gasteiger partial charge is 0.376 e. The molecular weight excluding hydrogens is 214 g/mol. The van der Waals surface area contributed by atoms with Gasteiger partial charge in [0, 0.05) is 12.1 Å². The second-order valence-corrected chi connectivity index (χ2v) is 6.62. The average Bonchev–Trinajstić information content (AvgIpc) is 2.22. The van der Waals surface area contributed by atoms with Crippen LogP contribution in [0.2, 0.25) is 0 Å². The van der Waals surface area contributed by atoms with Crippen LogP contribution in [-0.2, 0) is 9.47 Å². The standard InChI is InChI=1S/C14H27NO2/c1-13(2,3)15-11-14(7-5-4-6-8-14)17-12-9-16-10-12/h12,15H,4-11H2,1-3H3. The molecule has 100 valence electrons. The maximum atomic E-state index is 6.32. The summed E-state index contributed by atoms with van der Waals surface area (Å²) in [4.78, 5) is 0. The highest BCUT2D eigenvalue weighted by Crippen LogP contribution is 2.33. The highest BCUT2D eigenvalue weighted by Gasteiger charge is 2.38. The summed E-state index contributed by atoms with van der Waals surface area (Å²) in [5, 5.41) is 3.62. The van der Waals surface area contributed by atoms with Gasteiger partial charge < -0.3 is 14.8 Å². The predicted molar refractivity (Wildman–Crippen MR) is 69.3 cm³/mol. The number of ether oxygens (including phenoxy) is 2. The van der Waals surface area contributed by atoms with Gasteiger partial charge in [-0.25, -0.2) is 0 Å². The van der Waals surface area contributed by atoms with Gasteiger partial charge in [-0.05, 0) is 33.6 Å². The van der Waals surface area contributed by atoms with Crippen LogP contribution in [0.4, 0.5) is 0 Å². The normalized spacial score (nSPS) is 25.6. The van der Waals surface area contributed by atoms with Crippen LogP contribution in [0, 0.1) is 0 Å². The molecule has 0 aromatic rings. The lowest BCUT2D eigenvalue weighted by Crippen LogP contribution is -2.54. The molecule has 1 heterocycles. The first kappa shape index (κ1) is 13.3. The zero-order valence-corrected chi connectivity index (χ0v) is 11.6. The van der Waals surface area contributed by atoms with Gasteiger partial charge in [0.05, 0.1) is 18.8 Å². The van der Waals surface area contributed by atoms with Crippen LogP contribution in [-0.4, -0.2) is 37.0 Å². The summed E-state index contributed by atoms with van der Waals surface area (Å²) in [5.41, 5.74) is 0.240. The summed E-state index contributed by atoms with van der Waals surface area (Å²) in [6.45, 7) is 9.21. The van der Waals surface area contributed by atoms with Crippen LogP contribution in [0.3, 0.4) is 0 Å². The van der Waals surface area contributed by atoms with Gasteiger partial charge in [0.15, 0.2) is 0 Å². The molecule has 2 rings (SSSR count). The first-order valence-electron chi connectivity index (χ1n) is 7.00. The van der Waals surface area contributed by atoms with Crippen molar-refractivity contribution in [1.82, 2.24) is 5.32 Å². The van der Waals surface area contributed by atoms with E-state index in [2.05, 4.69) is 26.1 Å². The van der Waals surface area contributed by atoms with Crippen LogP contribution >= 0.6 is 0 Å². The predicted octanol–water partition coefficient (Wildman–Crippen LogP) is 2.49. The van der Waals surface area contributed by atoms with E-state index in [4.69, 9.17) is 9.47 Å². The maximum absolute atomic E-state index is 6.32. The number of hydrogen-bond donors (Lipinski definition) is 1. The minimum absolute atomic E-state index is 0.0694. The van der Waals surface area contributed by atoms with E-state index in [-0.39, 0.29) is 11.1 Å². The molecule has 0 atom stereocenters. The molecule has 0 bridgehead atoms. The molecule has 0 radical (unpaired) electrons. The quantitative estimate of drug-likeness (QED) is 0.820. The monoisotopic (exact) mass is 241 g/mol. The van der Waals surface area contributed by atoms with Crippen molar-refractivity contribution in [2.75, 3.05) is 19.8 Å². The summed E-state index contributed by atoms with van der Waals surface area (Å²) in [5.74, 6) is 0. The van der Waals surface area contributed by atoms with Crippen LogP contribution in [0.1, 0.15) is 52.9 Å². The van der Waals surface area contributed by atoms with Crippen LogP contribution in [0.15, 0.2) is 0 Å². The molecule has 1 saturated heterocycles. The molecule has 1 N–H and O–H groups in total. The zero-order chi connectivity index (χ0) is 12.4. The Bertz CT molecular complexity index is 237. The molecular formula is C14H27NO2. The van der Waals surface area contributed by atoms with E-state index in [0.29, 0.717) is 6.10 Å². The van der Waals surface area contributed by atoms with Gasteiger partial charge in [0.1, 0.15) is 6.10 Å². The molecule has 0 unspecified atom stereocenters. The van der Waals surface area contributed by atoms with Crippen molar-refractivity contribution in [3.8, 4) is 0 Å². The number of hydrogen-bond acceptors (Lipinski definition) is 3. The van der Waals surface area contributed by atoms with Gasteiger partial charge >= 0.3 is 0 Å². The third kappa shape index (κ3) is 3.94. The fraction of sp³-hybridized carbons (Fsp3) is 1.00. The van der Waals surface area contributed by atoms with Crippen LogP contribution in [0.5, 0.6) is 0 Å². The van der Waals surface area contributed by atoms with E-state index in [0.717, 1.165) is 19.8 Å². The van der Waals surface area contributed by atoms with E-state index < -0.39 is 0 Å². The third-order valence-corrected chi connectivity index (χ3v) is 3.73. The SMILES string of the molecule is CC(C)(C)NCC1(OC2COC2)CCCCC1. The molecule has 0 aromatic heterocycles. The summed E-state index contributed by atoms with van der Waals surface area (Å²) in [7, 11) is 0. The zero-order valence-electron chi connectivity index (χ0n) is 11.6. The van der Waals surface area contributed by atoms with Gasteiger partial charge in [-0.3, -0.25) is 0 Å². The second-order valence-electron chi connectivity index (χ2n) is 6.62. The lowest BCUT2D eigenvalue weighted by atomic mass is 9.83. The molecule has 0 spiro atoms. The first-order valence-corrected chi connectivity index (χ1v) is 7.00. The first-order chi connectivity index (χ1) is 7.99. The highest BCUT2D eigenvalue weighted by atomic mass is 16.6. The maximum Gasteiger partial charge on any atom is 0.105 e. The molecule has 0 amide bonds. The number of rotatable bonds is 4. The van der Waals surface area contributed by atoms with Gasteiger partial charge in [-0.15, -0.1) is 0 Å². The van der Waals surface area contributed by atoms with Gasteiger partial charge in [-0.2, -0.15) is 0 Å². The van der Waals surface area contributed by atoms with E-state index in [9.17, 15) is 0 Å². The van der Waals surface area contributed by atoms with Crippen molar-refractivity contribution in [2.45, 2.75) is 70.1 Å². The van der Waals surface area contributed by atoms with Crippen molar-refractivity contribution in [3.63, 3.8) is 0 Å². The molecule has 17 heavy (non-hydrogen) atoms. The number of nitrogens with one attached hydrogen (secondary N) is 1. The Balaban J connectivity index is 1.90. The summed E-state index contributed by atoms with van der Waals surface area (Å²) in [6.07, 6.45) is 6.72. The summed E-state index contributed by atoms with van der Waals surface area (Å²) < 4.78 is 11.5. The van der Waals surface area contributed by atoms with Crippen molar-refractivity contribution in [2.24, 2.45) is 0 Å². The second kappa shape index (κ2) is 5.25. The topological polar surface area (TPSA) is 30.5 Å². The van der Waals surface area contributed by atoms with E-state index >= 15 is 0 Å². The van der Waals surface area contributed by atoms with Gasteiger partial charge in [-0.1, -0.05) is 19.3 Å². The molecule has 2 fully saturated rings. The van der Waals surface area contributed by atoms with Crippen LogP contribution < -0.4 is 5.32 Å². The summed E-state index contributed by atoms with van der Waals surface area (Å²) >= 11 is 0. The van der Waals surface area contributed by atoms with E-state index in [1.54, 1.807) is 0 Å². The van der Waals surface area contributed by atoms with E-state index in [1.807, 2.05) is 0 Å². The molecule has 0 aromatic carbocycles. The molecule has 3 nitrogen and oxygen atoms in total. The van der Waals surface area contributed by atoms with Crippen LogP contribution in [0.25, 0.3) is 0 Å². The average molecular weight is 241 g/mol. The Morgan fingerprint density at radius 2 is 1.82 bits per heavy atom. The lowest BCUT2D eigenvalue weighted by Gasteiger charge is -2.43. The van der Waals surface area contributed by atoms with Gasteiger partial charge in [0.25, 0.3) is 0 Å². The third-order valence-electron chi connectivity index (χ3n) is 3.73. The molecule has 1 aliphatic carbocycles. The Labute approximate surface area is 105 Å². The van der Waals surface area contributed by atoms with Gasteiger partial charge in [0.2, 0.25) is 0 Å². The van der Waals surface area contributed by atoms with Crippen molar-refractivity contribution in [3.05, 3.63) is 0 Å². The minimum Gasteiger partial charge on any atom is -0.376 e. The Kier molecular flexibility index (Phi) is 4.11. The lowest BCUT2D eigenvalue weighted by molar-refractivity contribution is -0.201. The van der Waals surface area contributed by atoms with E-state index in [1.165, 1.54) is 32.1 Å². The molecule has 3 heteroatoms. The fourth-order valence-corrected chi connectivity index (χ4v) is 2.59.